The SMILES string of the molecule is Cc1ccc(COc2ccc(/C=N/NC(=O)C(C)Oc3ccc(Cl)cc3Cl)cc2)cc1. The van der Waals surface area contributed by atoms with Crippen LogP contribution in [-0.4, -0.2) is 18.2 Å². The summed E-state index contributed by atoms with van der Waals surface area (Å²) >= 11 is 11.9. The number of hydrogen-bond acceptors (Lipinski definition) is 4. The minimum Gasteiger partial charge on any atom is -0.489 e. The van der Waals surface area contributed by atoms with Gasteiger partial charge in [-0.1, -0.05) is 53.0 Å². The second kappa shape index (κ2) is 10.8. The van der Waals surface area contributed by atoms with Gasteiger partial charge in [0.25, 0.3) is 5.91 Å². The van der Waals surface area contributed by atoms with Crippen LogP contribution in [0.15, 0.2) is 71.8 Å². The van der Waals surface area contributed by atoms with E-state index in [9.17, 15) is 4.79 Å². The number of amides is 1. The van der Waals surface area contributed by atoms with Crippen molar-refractivity contribution in [1.82, 2.24) is 5.43 Å². The zero-order valence-electron chi connectivity index (χ0n) is 17.1. The maximum Gasteiger partial charge on any atom is 0.280 e. The molecule has 0 aromatic heterocycles. The Bertz CT molecular complexity index is 1050. The number of carbonyl (C=O) groups excluding carboxylic acids is 1. The van der Waals surface area contributed by atoms with E-state index >= 15 is 0 Å². The Balaban J connectivity index is 1.47. The van der Waals surface area contributed by atoms with E-state index in [1.807, 2.05) is 36.4 Å². The minimum atomic E-state index is -0.784. The molecule has 0 aliphatic rings. The summed E-state index contributed by atoms with van der Waals surface area (Å²) in [6.45, 7) is 4.16. The highest BCUT2D eigenvalue weighted by Crippen LogP contribution is 2.28. The van der Waals surface area contributed by atoms with E-state index in [1.54, 1.807) is 31.3 Å². The predicted molar refractivity (Wildman–Crippen MR) is 124 cm³/mol. The van der Waals surface area contributed by atoms with Crippen LogP contribution in [0, 0.1) is 6.92 Å². The van der Waals surface area contributed by atoms with E-state index < -0.39 is 12.0 Å². The third kappa shape index (κ3) is 7.02. The number of carbonyl (C=O) groups is 1. The van der Waals surface area contributed by atoms with Gasteiger partial charge in [0.1, 0.15) is 18.1 Å². The maximum absolute atomic E-state index is 12.2. The Morgan fingerprint density at radius 2 is 1.77 bits per heavy atom. The zero-order chi connectivity index (χ0) is 22.2. The van der Waals surface area contributed by atoms with Crippen molar-refractivity contribution in [3.05, 3.63) is 93.5 Å². The molecule has 0 spiro atoms. The molecule has 1 atom stereocenters. The molecule has 1 amide bonds. The van der Waals surface area contributed by atoms with E-state index in [1.165, 1.54) is 5.56 Å². The molecule has 5 nitrogen and oxygen atoms in total. The average Bonchev–Trinajstić information content (AvgIpc) is 2.76. The summed E-state index contributed by atoms with van der Waals surface area (Å²) in [5.41, 5.74) is 5.59. The molecule has 3 aromatic rings. The molecule has 3 aromatic carbocycles. The van der Waals surface area contributed by atoms with Gasteiger partial charge in [-0.05, 0) is 67.4 Å². The summed E-state index contributed by atoms with van der Waals surface area (Å²) in [6, 6.07) is 20.4. The van der Waals surface area contributed by atoms with Gasteiger partial charge >= 0.3 is 0 Å². The Labute approximate surface area is 191 Å². The fraction of sp³-hybridized carbons (Fsp3) is 0.167. The number of halogens is 2. The normalized spacial score (nSPS) is 11.9. The first-order valence-electron chi connectivity index (χ1n) is 9.64. The van der Waals surface area contributed by atoms with E-state index in [-0.39, 0.29) is 0 Å². The summed E-state index contributed by atoms with van der Waals surface area (Å²) in [6.07, 6.45) is 0.761. The average molecular weight is 457 g/mol. The van der Waals surface area contributed by atoms with Crippen molar-refractivity contribution in [2.75, 3.05) is 0 Å². The van der Waals surface area contributed by atoms with Crippen molar-refractivity contribution in [3.8, 4) is 11.5 Å². The number of nitrogens with zero attached hydrogens (tertiary/aromatic N) is 1. The maximum atomic E-state index is 12.2. The lowest BCUT2D eigenvalue weighted by molar-refractivity contribution is -0.127. The second-order valence-corrected chi connectivity index (χ2v) is 7.76. The van der Waals surface area contributed by atoms with Gasteiger partial charge in [-0.15, -0.1) is 0 Å². The topological polar surface area (TPSA) is 59.9 Å². The number of aryl methyl sites for hydroxylation is 1. The lowest BCUT2D eigenvalue weighted by Crippen LogP contribution is -2.33. The van der Waals surface area contributed by atoms with Crippen LogP contribution < -0.4 is 14.9 Å². The van der Waals surface area contributed by atoms with E-state index in [0.29, 0.717) is 22.4 Å². The number of rotatable bonds is 8. The molecule has 0 aliphatic heterocycles. The summed E-state index contributed by atoms with van der Waals surface area (Å²) in [4.78, 5) is 12.2. The quantitative estimate of drug-likeness (QED) is 0.344. The Morgan fingerprint density at radius 1 is 1.06 bits per heavy atom. The molecule has 0 heterocycles. The van der Waals surface area contributed by atoms with Crippen LogP contribution in [0.1, 0.15) is 23.6 Å². The van der Waals surface area contributed by atoms with Crippen LogP contribution in [0.4, 0.5) is 0 Å². The first kappa shape index (κ1) is 22.7. The van der Waals surface area contributed by atoms with Gasteiger partial charge in [-0.3, -0.25) is 4.79 Å². The third-order valence-corrected chi connectivity index (χ3v) is 4.89. The molecule has 160 valence electrons. The van der Waals surface area contributed by atoms with Crippen LogP contribution in [0.25, 0.3) is 0 Å². The number of ether oxygens (including phenoxy) is 2. The highest BCUT2D eigenvalue weighted by Gasteiger charge is 2.15. The predicted octanol–water partition coefficient (Wildman–Crippen LogP) is 5.80. The van der Waals surface area contributed by atoms with Crippen LogP contribution >= 0.6 is 23.2 Å². The molecule has 1 N–H and O–H groups in total. The van der Waals surface area contributed by atoms with Crippen LogP contribution in [0.5, 0.6) is 11.5 Å². The van der Waals surface area contributed by atoms with Gasteiger partial charge in [0.15, 0.2) is 6.10 Å². The lowest BCUT2D eigenvalue weighted by atomic mass is 10.2. The van der Waals surface area contributed by atoms with Crippen molar-refractivity contribution in [1.29, 1.82) is 0 Å². The van der Waals surface area contributed by atoms with Gasteiger partial charge in [-0.2, -0.15) is 5.10 Å². The van der Waals surface area contributed by atoms with Gasteiger partial charge in [0, 0.05) is 5.02 Å². The molecule has 31 heavy (non-hydrogen) atoms. The molecular weight excluding hydrogens is 435 g/mol. The molecule has 0 fully saturated rings. The monoisotopic (exact) mass is 456 g/mol. The van der Waals surface area contributed by atoms with Gasteiger partial charge in [-0.25, -0.2) is 5.43 Å². The molecule has 0 radical (unpaired) electrons. The van der Waals surface area contributed by atoms with Crippen molar-refractivity contribution >= 4 is 35.3 Å². The van der Waals surface area contributed by atoms with Gasteiger partial charge in [0.05, 0.1) is 11.2 Å². The zero-order valence-corrected chi connectivity index (χ0v) is 18.7. The lowest BCUT2D eigenvalue weighted by Gasteiger charge is -2.14. The first-order chi connectivity index (χ1) is 14.9. The Kier molecular flexibility index (Phi) is 7.93. The van der Waals surface area contributed by atoms with Crippen LogP contribution in [0.2, 0.25) is 10.0 Å². The molecule has 0 saturated heterocycles. The van der Waals surface area contributed by atoms with Crippen molar-refractivity contribution in [3.63, 3.8) is 0 Å². The second-order valence-electron chi connectivity index (χ2n) is 6.91. The van der Waals surface area contributed by atoms with Crippen molar-refractivity contribution in [2.45, 2.75) is 26.6 Å². The molecule has 7 heteroatoms. The standard InChI is InChI=1S/C24H22Cl2N2O3/c1-16-3-5-19(6-4-16)15-30-21-10-7-18(8-11-21)14-27-28-24(29)17(2)31-23-12-9-20(25)13-22(23)26/h3-14,17H,15H2,1-2H3,(H,28,29)/b27-14+. The van der Waals surface area contributed by atoms with Crippen molar-refractivity contribution in [2.24, 2.45) is 5.10 Å². The number of hydrogen-bond donors (Lipinski definition) is 1. The third-order valence-electron chi connectivity index (χ3n) is 4.36. The molecule has 0 bridgehead atoms. The summed E-state index contributed by atoms with van der Waals surface area (Å²) in [5.74, 6) is 0.725. The summed E-state index contributed by atoms with van der Waals surface area (Å²) in [5, 5.41) is 4.80. The fourth-order valence-electron chi connectivity index (χ4n) is 2.58. The van der Waals surface area contributed by atoms with Gasteiger partial charge < -0.3 is 9.47 Å². The summed E-state index contributed by atoms with van der Waals surface area (Å²) in [7, 11) is 0. The first-order valence-corrected chi connectivity index (χ1v) is 10.4. The Morgan fingerprint density at radius 3 is 2.45 bits per heavy atom. The highest BCUT2D eigenvalue weighted by atomic mass is 35.5. The minimum absolute atomic E-state index is 0.334. The van der Waals surface area contributed by atoms with Gasteiger partial charge in [0.2, 0.25) is 0 Å². The number of benzene rings is 3. The largest absolute Gasteiger partial charge is 0.489 e. The molecule has 0 aliphatic carbocycles. The van der Waals surface area contributed by atoms with E-state index in [0.717, 1.165) is 16.9 Å². The number of hydrazone groups is 1. The van der Waals surface area contributed by atoms with E-state index in [2.05, 4.69) is 29.6 Å². The molecule has 1 unspecified atom stereocenters. The smallest absolute Gasteiger partial charge is 0.280 e. The molecular formula is C24H22Cl2N2O3. The highest BCUT2D eigenvalue weighted by molar-refractivity contribution is 6.35. The molecule has 3 rings (SSSR count). The van der Waals surface area contributed by atoms with Crippen molar-refractivity contribution < 1.29 is 14.3 Å². The summed E-state index contributed by atoms with van der Waals surface area (Å²) < 4.78 is 11.3. The fourth-order valence-corrected chi connectivity index (χ4v) is 3.03. The van der Waals surface area contributed by atoms with Crippen LogP contribution in [-0.2, 0) is 11.4 Å². The molecule has 0 saturated carbocycles. The van der Waals surface area contributed by atoms with E-state index in [4.69, 9.17) is 32.7 Å². The van der Waals surface area contributed by atoms with Crippen LogP contribution in [0.3, 0.4) is 0 Å². The Hall–Kier alpha value is -3.02. The number of nitrogens with one attached hydrogen (secondary N) is 1.